The van der Waals surface area contributed by atoms with Crippen LogP contribution in [-0.4, -0.2) is 8.42 Å². The monoisotopic (exact) mass is 327 g/mol. The Morgan fingerprint density at radius 3 is 2.47 bits per heavy atom. The number of hydrogen-bond acceptors (Lipinski definition) is 3. The first-order chi connectivity index (χ1) is 8.05. The van der Waals surface area contributed by atoms with E-state index in [4.69, 9.17) is 6.57 Å². The van der Waals surface area contributed by atoms with Gasteiger partial charge in [0.15, 0.2) is 0 Å². The van der Waals surface area contributed by atoms with Crippen molar-refractivity contribution in [3.63, 3.8) is 0 Å². The highest BCUT2D eigenvalue weighted by molar-refractivity contribution is 9.10. The molecule has 1 heterocycles. The molecule has 0 unspecified atom stereocenters. The molecule has 0 spiro atoms. The van der Waals surface area contributed by atoms with Gasteiger partial charge in [-0.15, -0.1) is 11.3 Å². The van der Waals surface area contributed by atoms with Crippen LogP contribution in [0.2, 0.25) is 0 Å². The molecule has 1 aromatic carbocycles. The maximum Gasteiger partial charge on any atom is 0.242 e. The summed E-state index contributed by atoms with van der Waals surface area (Å²) in [7, 11) is -3.53. The van der Waals surface area contributed by atoms with Crippen molar-refractivity contribution in [2.75, 3.05) is 0 Å². The second-order valence-electron chi connectivity index (χ2n) is 3.14. The fourth-order valence-electron chi connectivity index (χ4n) is 1.29. The van der Waals surface area contributed by atoms with Gasteiger partial charge in [0.2, 0.25) is 14.8 Å². The summed E-state index contributed by atoms with van der Waals surface area (Å²) in [5.74, 6) is 0. The first-order valence-electron chi connectivity index (χ1n) is 4.52. The number of sulfone groups is 1. The average Bonchev–Trinajstić information content (AvgIpc) is 2.78. The second-order valence-corrected chi connectivity index (χ2v) is 7.20. The van der Waals surface area contributed by atoms with Gasteiger partial charge < -0.3 is 0 Å². The minimum Gasteiger partial charge on any atom is -0.227 e. The number of benzene rings is 1. The van der Waals surface area contributed by atoms with E-state index in [2.05, 4.69) is 20.8 Å². The zero-order valence-corrected chi connectivity index (χ0v) is 11.6. The minimum absolute atomic E-state index is 0.190. The lowest BCUT2D eigenvalue weighted by Crippen LogP contribution is -2.00. The van der Waals surface area contributed by atoms with Crippen LogP contribution in [0.25, 0.3) is 4.85 Å². The molecule has 0 aliphatic heterocycles. The van der Waals surface area contributed by atoms with Gasteiger partial charge in [-0.25, -0.2) is 13.3 Å². The van der Waals surface area contributed by atoms with Crippen molar-refractivity contribution in [1.29, 1.82) is 0 Å². The predicted molar refractivity (Wildman–Crippen MR) is 70.2 cm³/mol. The average molecular weight is 328 g/mol. The third-order valence-corrected chi connectivity index (χ3v) is 6.31. The number of thiophene rings is 1. The highest BCUT2D eigenvalue weighted by Crippen LogP contribution is 2.34. The van der Waals surface area contributed by atoms with Gasteiger partial charge in [-0.1, -0.05) is 12.1 Å². The Bertz CT molecular complexity index is 698. The van der Waals surface area contributed by atoms with E-state index >= 15 is 0 Å². The van der Waals surface area contributed by atoms with Crippen LogP contribution in [0.3, 0.4) is 0 Å². The van der Waals surface area contributed by atoms with Crippen LogP contribution in [0.15, 0.2) is 50.0 Å². The Balaban J connectivity index is 2.59. The van der Waals surface area contributed by atoms with Gasteiger partial charge in [0.25, 0.3) is 0 Å². The molecule has 0 aliphatic carbocycles. The van der Waals surface area contributed by atoms with Crippen molar-refractivity contribution >= 4 is 42.1 Å². The van der Waals surface area contributed by atoms with Gasteiger partial charge in [0.1, 0.15) is 4.21 Å². The molecule has 6 heteroatoms. The molecule has 0 bridgehead atoms. The van der Waals surface area contributed by atoms with Gasteiger partial charge >= 0.3 is 0 Å². The topological polar surface area (TPSA) is 38.5 Å². The summed E-state index contributed by atoms with van der Waals surface area (Å²) in [4.78, 5) is 3.43. The van der Waals surface area contributed by atoms with Crippen LogP contribution in [0.5, 0.6) is 0 Å². The summed E-state index contributed by atoms with van der Waals surface area (Å²) in [6.07, 6.45) is 0. The second kappa shape index (κ2) is 4.61. The van der Waals surface area contributed by atoms with E-state index in [1.54, 1.807) is 18.2 Å². The van der Waals surface area contributed by atoms with Crippen molar-refractivity contribution in [3.05, 3.63) is 52.3 Å². The lowest BCUT2D eigenvalue weighted by molar-refractivity contribution is 0.597. The first-order valence-corrected chi connectivity index (χ1v) is 7.62. The summed E-state index contributed by atoms with van der Waals surface area (Å²) < 4.78 is 25.2. The normalized spacial score (nSPS) is 11.1. The van der Waals surface area contributed by atoms with Crippen molar-refractivity contribution in [3.8, 4) is 0 Å². The molecular formula is C11H6BrNO2S2. The van der Waals surface area contributed by atoms with Gasteiger partial charge in [-0.05, 0) is 40.2 Å². The maximum absolute atomic E-state index is 12.3. The summed E-state index contributed by atoms with van der Waals surface area (Å²) in [5.41, 5.74) is 0. The van der Waals surface area contributed by atoms with Crippen LogP contribution in [0.4, 0.5) is 5.00 Å². The molecule has 0 saturated carbocycles. The smallest absolute Gasteiger partial charge is 0.227 e. The van der Waals surface area contributed by atoms with E-state index in [1.165, 1.54) is 18.2 Å². The minimum atomic E-state index is -3.53. The Hall–Kier alpha value is -1.16. The Kier molecular flexibility index (Phi) is 3.33. The number of hydrogen-bond donors (Lipinski definition) is 0. The van der Waals surface area contributed by atoms with Gasteiger partial charge in [0, 0.05) is 4.47 Å². The first kappa shape index (κ1) is 12.3. The van der Waals surface area contributed by atoms with Crippen LogP contribution < -0.4 is 0 Å². The van der Waals surface area contributed by atoms with Gasteiger partial charge in [-0.3, -0.25) is 0 Å². The Morgan fingerprint density at radius 1 is 1.18 bits per heavy atom. The van der Waals surface area contributed by atoms with Crippen LogP contribution >= 0.6 is 27.3 Å². The number of rotatable bonds is 2. The van der Waals surface area contributed by atoms with E-state index in [1.807, 2.05) is 0 Å². The number of halogens is 1. The lowest BCUT2D eigenvalue weighted by Gasteiger charge is -2.03. The molecule has 2 aromatic rings. The molecule has 3 nitrogen and oxygen atoms in total. The van der Waals surface area contributed by atoms with Crippen LogP contribution in [0, 0.1) is 6.57 Å². The zero-order valence-electron chi connectivity index (χ0n) is 8.42. The summed E-state index contributed by atoms with van der Waals surface area (Å²) in [6, 6.07) is 9.62. The fourth-order valence-corrected chi connectivity index (χ4v) is 4.74. The highest BCUT2D eigenvalue weighted by atomic mass is 79.9. The molecule has 0 atom stereocenters. The molecule has 0 saturated heterocycles. The summed E-state index contributed by atoms with van der Waals surface area (Å²) >= 11 is 4.20. The summed E-state index contributed by atoms with van der Waals surface area (Å²) in [5, 5.41) is 0.371. The standard InChI is InChI=1S/C11H6BrNO2S2/c1-13-10-6-7-11(16-10)17(14,15)9-5-3-2-4-8(9)12/h2-7H. The van der Waals surface area contributed by atoms with Crippen molar-refractivity contribution in [2.45, 2.75) is 9.10 Å². The SMILES string of the molecule is [C-]#[N+]c1ccc(S(=O)(=O)c2ccccc2Br)s1. The molecule has 0 fully saturated rings. The largest absolute Gasteiger partial charge is 0.242 e. The van der Waals surface area contributed by atoms with Crippen LogP contribution in [-0.2, 0) is 9.84 Å². The lowest BCUT2D eigenvalue weighted by atomic mass is 10.4. The van der Waals surface area contributed by atoms with Crippen molar-refractivity contribution in [2.24, 2.45) is 0 Å². The molecule has 0 aliphatic rings. The van der Waals surface area contributed by atoms with E-state index in [0.29, 0.717) is 9.47 Å². The molecule has 0 N–H and O–H groups in total. The quantitative estimate of drug-likeness (QED) is 0.785. The predicted octanol–water partition coefficient (Wildman–Crippen LogP) is 3.89. The molecule has 1 aromatic heterocycles. The molecular weight excluding hydrogens is 322 g/mol. The van der Waals surface area contributed by atoms with Crippen LogP contribution in [0.1, 0.15) is 0 Å². The molecule has 17 heavy (non-hydrogen) atoms. The molecule has 2 rings (SSSR count). The van der Waals surface area contributed by atoms with Crippen molar-refractivity contribution in [1.82, 2.24) is 0 Å². The van der Waals surface area contributed by atoms with Crippen molar-refractivity contribution < 1.29 is 8.42 Å². The number of nitrogens with zero attached hydrogens (tertiary/aromatic N) is 1. The Labute approximate surface area is 112 Å². The highest BCUT2D eigenvalue weighted by Gasteiger charge is 2.21. The zero-order chi connectivity index (χ0) is 12.5. The third-order valence-electron chi connectivity index (χ3n) is 2.07. The third kappa shape index (κ3) is 2.27. The van der Waals surface area contributed by atoms with E-state index in [0.717, 1.165) is 11.3 Å². The molecule has 0 amide bonds. The Morgan fingerprint density at radius 2 is 1.88 bits per heavy atom. The maximum atomic E-state index is 12.3. The van der Waals surface area contributed by atoms with Gasteiger partial charge in [0.05, 0.1) is 11.5 Å². The summed E-state index contributed by atoms with van der Waals surface area (Å²) in [6.45, 7) is 6.84. The fraction of sp³-hybridized carbons (Fsp3) is 0. The molecule has 0 radical (unpaired) electrons. The van der Waals surface area contributed by atoms with Gasteiger partial charge in [-0.2, -0.15) is 0 Å². The van der Waals surface area contributed by atoms with E-state index in [-0.39, 0.29) is 9.10 Å². The van der Waals surface area contributed by atoms with E-state index < -0.39 is 9.84 Å². The molecule has 86 valence electrons. The van der Waals surface area contributed by atoms with E-state index in [9.17, 15) is 8.42 Å².